The first kappa shape index (κ1) is 18.0. The Morgan fingerprint density at radius 1 is 1.12 bits per heavy atom. The fraction of sp³-hybridized carbons (Fsp3) is 0.636. The molecule has 4 fully saturated rings. The van der Waals surface area contributed by atoms with Crippen LogP contribution in [0.2, 0.25) is 0 Å². The molecule has 1 atom stereocenters. The highest BCUT2D eigenvalue weighted by Crippen LogP contribution is 2.61. The predicted octanol–water partition coefficient (Wildman–Crippen LogP) is 4.46. The number of benzene rings is 1. The minimum atomic E-state index is -0.122. The molecule has 4 saturated carbocycles. The van der Waals surface area contributed by atoms with E-state index >= 15 is 0 Å². The van der Waals surface area contributed by atoms with Crippen molar-refractivity contribution in [3.63, 3.8) is 0 Å². The summed E-state index contributed by atoms with van der Waals surface area (Å²) in [7, 11) is 0. The van der Waals surface area contributed by atoms with Gasteiger partial charge in [-0.2, -0.15) is 0 Å². The van der Waals surface area contributed by atoms with Gasteiger partial charge in [0.25, 0.3) is 5.91 Å². The van der Waals surface area contributed by atoms with E-state index in [1.54, 1.807) is 0 Å². The number of thiocarbonyl (C=S) groups is 1. The third kappa shape index (κ3) is 3.40. The lowest BCUT2D eigenvalue weighted by Crippen LogP contribution is -2.57. The quantitative estimate of drug-likeness (QED) is 0.769. The van der Waals surface area contributed by atoms with E-state index in [-0.39, 0.29) is 5.91 Å². The molecule has 4 aliphatic rings. The summed E-state index contributed by atoms with van der Waals surface area (Å²) >= 11 is 5.47. The molecule has 26 heavy (non-hydrogen) atoms. The summed E-state index contributed by atoms with van der Waals surface area (Å²) in [5, 5.41) is 6.81. The number of carbonyl (C=O) groups excluding carboxylic acids is 1. The summed E-state index contributed by atoms with van der Waals surface area (Å²) in [5.41, 5.74) is 2.28. The lowest BCUT2D eigenvalue weighted by Gasteiger charge is -2.59. The van der Waals surface area contributed by atoms with Gasteiger partial charge < -0.3 is 5.32 Å². The Kier molecular flexibility index (Phi) is 4.81. The summed E-state index contributed by atoms with van der Waals surface area (Å²) < 4.78 is 0. The van der Waals surface area contributed by atoms with Crippen LogP contribution in [0, 0.1) is 23.2 Å². The molecule has 0 spiro atoms. The van der Waals surface area contributed by atoms with Crippen LogP contribution in [0.15, 0.2) is 24.3 Å². The topological polar surface area (TPSA) is 41.1 Å². The fourth-order valence-electron chi connectivity index (χ4n) is 6.16. The number of hydrogen-bond acceptors (Lipinski definition) is 2. The third-order valence-electron chi connectivity index (χ3n) is 7.20. The van der Waals surface area contributed by atoms with Crippen LogP contribution in [0.25, 0.3) is 0 Å². The van der Waals surface area contributed by atoms with Gasteiger partial charge in [0.1, 0.15) is 0 Å². The summed E-state index contributed by atoms with van der Waals surface area (Å²) in [6, 6.07) is 8.08. The summed E-state index contributed by atoms with van der Waals surface area (Å²) in [4.78, 5) is 12.4. The van der Waals surface area contributed by atoms with Gasteiger partial charge in [0.2, 0.25) is 0 Å². The van der Waals surface area contributed by atoms with Crippen molar-refractivity contribution in [1.82, 2.24) is 10.6 Å². The van der Waals surface area contributed by atoms with Gasteiger partial charge in [-0.3, -0.25) is 10.1 Å². The maximum atomic E-state index is 12.4. The molecule has 3 nitrogen and oxygen atoms in total. The number of aryl methyl sites for hydroxylation is 1. The van der Waals surface area contributed by atoms with E-state index in [1.165, 1.54) is 44.1 Å². The number of nitrogens with one attached hydrogen (secondary N) is 2. The van der Waals surface area contributed by atoms with Gasteiger partial charge >= 0.3 is 0 Å². The van der Waals surface area contributed by atoms with Crippen molar-refractivity contribution in [1.29, 1.82) is 0 Å². The number of amides is 1. The van der Waals surface area contributed by atoms with Crippen molar-refractivity contribution >= 4 is 23.2 Å². The van der Waals surface area contributed by atoms with E-state index in [9.17, 15) is 4.79 Å². The van der Waals surface area contributed by atoms with E-state index in [0.29, 0.717) is 22.1 Å². The summed E-state index contributed by atoms with van der Waals surface area (Å²) in [6.07, 6.45) is 9.32. The first-order chi connectivity index (χ1) is 12.5. The van der Waals surface area contributed by atoms with Gasteiger partial charge in [-0.25, -0.2) is 0 Å². The molecule has 1 aromatic rings. The average molecular weight is 371 g/mol. The molecule has 1 aromatic carbocycles. The molecule has 140 valence electrons. The molecule has 0 aromatic heterocycles. The minimum absolute atomic E-state index is 0.122. The molecule has 2 N–H and O–H groups in total. The van der Waals surface area contributed by atoms with Gasteiger partial charge in [-0.1, -0.05) is 19.1 Å². The van der Waals surface area contributed by atoms with Crippen LogP contribution < -0.4 is 10.6 Å². The fourth-order valence-corrected chi connectivity index (χ4v) is 6.43. The molecular weight excluding hydrogens is 340 g/mol. The molecule has 4 heteroatoms. The third-order valence-corrected chi connectivity index (χ3v) is 7.42. The highest BCUT2D eigenvalue weighted by Gasteiger charge is 2.53. The van der Waals surface area contributed by atoms with Crippen LogP contribution in [0.5, 0.6) is 0 Å². The van der Waals surface area contributed by atoms with Gasteiger partial charge in [0, 0.05) is 11.6 Å². The SMILES string of the molecule is CCc1ccc(C(=O)NC(=S)N[C@H](C)C23CC4CC(CC(C4)C2)C3)cc1. The average Bonchev–Trinajstić information content (AvgIpc) is 2.60. The normalized spacial score (nSPS) is 32.9. The van der Waals surface area contributed by atoms with Gasteiger partial charge in [0.05, 0.1) is 0 Å². The second kappa shape index (κ2) is 6.95. The zero-order valence-electron chi connectivity index (χ0n) is 15.9. The van der Waals surface area contributed by atoms with Crippen LogP contribution in [0.1, 0.15) is 68.3 Å². The van der Waals surface area contributed by atoms with Crippen molar-refractivity contribution in [3.05, 3.63) is 35.4 Å². The minimum Gasteiger partial charge on any atom is -0.359 e. The van der Waals surface area contributed by atoms with Crippen LogP contribution in [-0.4, -0.2) is 17.1 Å². The Labute approximate surface area is 162 Å². The second-order valence-electron chi connectivity index (χ2n) is 8.98. The predicted molar refractivity (Wildman–Crippen MR) is 109 cm³/mol. The van der Waals surface area contributed by atoms with Crippen molar-refractivity contribution in [2.75, 3.05) is 0 Å². The molecule has 4 aliphatic carbocycles. The number of carbonyl (C=O) groups is 1. The Morgan fingerprint density at radius 3 is 2.15 bits per heavy atom. The van der Waals surface area contributed by atoms with Gasteiger partial charge in [0.15, 0.2) is 5.11 Å². The standard InChI is InChI=1S/C22H30N2OS/c1-3-15-4-6-19(7-5-15)20(25)24-21(26)23-14(2)22-11-16-8-17(12-22)10-18(9-16)13-22/h4-7,14,16-18H,3,8-13H2,1-2H3,(H2,23,24,25,26)/t14-,16?,17?,18?,22?/m1/s1. The van der Waals surface area contributed by atoms with Crippen LogP contribution in [-0.2, 0) is 6.42 Å². The first-order valence-electron chi connectivity index (χ1n) is 10.2. The highest BCUT2D eigenvalue weighted by atomic mass is 32.1. The Balaban J connectivity index is 1.36. The van der Waals surface area contributed by atoms with Gasteiger partial charge in [-0.15, -0.1) is 0 Å². The first-order valence-corrected chi connectivity index (χ1v) is 10.6. The van der Waals surface area contributed by atoms with Crippen LogP contribution in [0.4, 0.5) is 0 Å². The molecule has 4 bridgehead atoms. The van der Waals surface area contributed by atoms with Crippen LogP contribution >= 0.6 is 12.2 Å². The highest BCUT2D eigenvalue weighted by molar-refractivity contribution is 7.80. The zero-order chi connectivity index (χ0) is 18.3. The van der Waals surface area contributed by atoms with E-state index < -0.39 is 0 Å². The lowest BCUT2D eigenvalue weighted by atomic mass is 9.48. The summed E-state index contributed by atoms with van der Waals surface area (Å²) in [5.74, 6) is 2.64. The Bertz CT molecular complexity index is 661. The van der Waals surface area contributed by atoms with Crippen molar-refractivity contribution in [2.45, 2.75) is 64.8 Å². The number of hydrogen-bond donors (Lipinski definition) is 2. The van der Waals surface area contributed by atoms with Crippen molar-refractivity contribution in [2.24, 2.45) is 23.2 Å². The maximum absolute atomic E-state index is 12.4. The largest absolute Gasteiger partial charge is 0.359 e. The summed E-state index contributed by atoms with van der Waals surface area (Å²) in [6.45, 7) is 4.38. The van der Waals surface area contributed by atoms with E-state index in [1.807, 2.05) is 24.3 Å². The van der Waals surface area contributed by atoms with Gasteiger partial charge in [-0.05, 0) is 105 Å². The lowest BCUT2D eigenvalue weighted by molar-refractivity contribution is -0.0672. The van der Waals surface area contributed by atoms with Crippen LogP contribution in [0.3, 0.4) is 0 Å². The van der Waals surface area contributed by atoms with E-state index in [2.05, 4.69) is 24.5 Å². The Hall–Kier alpha value is -1.42. The molecule has 0 saturated heterocycles. The van der Waals surface area contributed by atoms with Crippen molar-refractivity contribution in [3.8, 4) is 0 Å². The maximum Gasteiger partial charge on any atom is 0.257 e. The zero-order valence-corrected chi connectivity index (χ0v) is 16.7. The van der Waals surface area contributed by atoms with E-state index in [4.69, 9.17) is 12.2 Å². The molecule has 0 radical (unpaired) electrons. The molecule has 0 unspecified atom stereocenters. The molecule has 0 aliphatic heterocycles. The van der Waals surface area contributed by atoms with E-state index in [0.717, 1.165) is 24.2 Å². The Morgan fingerprint density at radius 2 is 1.65 bits per heavy atom. The monoisotopic (exact) mass is 370 g/mol. The smallest absolute Gasteiger partial charge is 0.257 e. The molecular formula is C22H30N2OS. The molecule has 1 amide bonds. The number of rotatable bonds is 4. The second-order valence-corrected chi connectivity index (χ2v) is 9.39. The molecule has 5 rings (SSSR count). The van der Waals surface area contributed by atoms with Crippen molar-refractivity contribution < 1.29 is 4.79 Å². The molecule has 0 heterocycles.